The van der Waals surface area contributed by atoms with Crippen molar-refractivity contribution in [3.05, 3.63) is 34.6 Å². The SMILES string of the molecule is CCNCCC(=O)Cc1ccc(F)c(Cl)c1. The molecule has 0 heterocycles. The molecule has 0 bridgehead atoms. The Hall–Kier alpha value is -0.930. The predicted octanol–water partition coefficient (Wildman–Crippen LogP) is 2.59. The van der Waals surface area contributed by atoms with Gasteiger partial charge in [-0.05, 0) is 24.2 Å². The van der Waals surface area contributed by atoms with Crippen molar-refractivity contribution in [2.24, 2.45) is 0 Å². The zero-order valence-electron chi connectivity index (χ0n) is 9.22. The first kappa shape index (κ1) is 13.1. The van der Waals surface area contributed by atoms with Crippen LogP contribution >= 0.6 is 11.6 Å². The number of rotatable bonds is 6. The van der Waals surface area contributed by atoms with Crippen molar-refractivity contribution in [3.63, 3.8) is 0 Å². The molecule has 1 aromatic rings. The van der Waals surface area contributed by atoms with Gasteiger partial charge in [0.05, 0.1) is 5.02 Å². The number of halogens is 2. The molecule has 0 aliphatic carbocycles. The molecule has 1 aromatic carbocycles. The van der Waals surface area contributed by atoms with Gasteiger partial charge in [0.15, 0.2) is 0 Å². The van der Waals surface area contributed by atoms with Gasteiger partial charge in [0.2, 0.25) is 0 Å². The van der Waals surface area contributed by atoms with Gasteiger partial charge in [-0.15, -0.1) is 0 Å². The lowest BCUT2D eigenvalue weighted by atomic mass is 10.1. The summed E-state index contributed by atoms with van der Waals surface area (Å²) in [5.74, 6) is -0.325. The first-order valence-corrected chi connectivity index (χ1v) is 5.67. The van der Waals surface area contributed by atoms with Gasteiger partial charge >= 0.3 is 0 Å². The Morgan fingerprint density at radius 3 is 2.88 bits per heavy atom. The normalized spacial score (nSPS) is 10.4. The summed E-state index contributed by atoms with van der Waals surface area (Å²) in [7, 11) is 0. The molecule has 1 N–H and O–H groups in total. The van der Waals surface area contributed by atoms with Crippen LogP contribution in [0.2, 0.25) is 5.02 Å². The van der Waals surface area contributed by atoms with E-state index in [0.717, 1.165) is 12.1 Å². The maximum absolute atomic E-state index is 12.9. The fourth-order valence-electron chi connectivity index (χ4n) is 1.37. The standard InChI is InChI=1S/C12H15ClFNO/c1-2-15-6-5-10(16)7-9-3-4-12(14)11(13)8-9/h3-4,8,15H,2,5-7H2,1H3. The van der Waals surface area contributed by atoms with Crippen molar-refractivity contribution in [3.8, 4) is 0 Å². The third-order valence-electron chi connectivity index (χ3n) is 2.22. The van der Waals surface area contributed by atoms with E-state index in [9.17, 15) is 9.18 Å². The number of benzene rings is 1. The van der Waals surface area contributed by atoms with E-state index < -0.39 is 5.82 Å². The molecule has 0 aliphatic rings. The van der Waals surface area contributed by atoms with Crippen molar-refractivity contribution < 1.29 is 9.18 Å². The number of Topliss-reactive ketones (excluding diaryl/α,β-unsaturated/α-hetero) is 1. The van der Waals surface area contributed by atoms with Crippen molar-refractivity contribution >= 4 is 17.4 Å². The molecule has 0 unspecified atom stereocenters. The second-order valence-electron chi connectivity index (χ2n) is 3.57. The van der Waals surface area contributed by atoms with Crippen molar-refractivity contribution in [2.75, 3.05) is 13.1 Å². The maximum atomic E-state index is 12.9. The average Bonchev–Trinajstić information content (AvgIpc) is 2.24. The number of hydrogen-bond acceptors (Lipinski definition) is 2. The van der Waals surface area contributed by atoms with E-state index in [1.165, 1.54) is 12.1 Å². The van der Waals surface area contributed by atoms with Gasteiger partial charge in [-0.3, -0.25) is 4.79 Å². The highest BCUT2D eigenvalue weighted by molar-refractivity contribution is 6.30. The van der Waals surface area contributed by atoms with Gasteiger partial charge in [0.1, 0.15) is 11.6 Å². The second-order valence-corrected chi connectivity index (χ2v) is 3.97. The van der Waals surface area contributed by atoms with Gasteiger partial charge in [-0.2, -0.15) is 0 Å². The molecule has 0 radical (unpaired) electrons. The van der Waals surface area contributed by atoms with Crippen LogP contribution in [0, 0.1) is 5.82 Å². The van der Waals surface area contributed by atoms with Crippen LogP contribution in [0.15, 0.2) is 18.2 Å². The Morgan fingerprint density at radius 2 is 2.25 bits per heavy atom. The van der Waals surface area contributed by atoms with E-state index in [0.29, 0.717) is 19.4 Å². The third kappa shape index (κ3) is 4.29. The van der Waals surface area contributed by atoms with E-state index in [4.69, 9.17) is 11.6 Å². The third-order valence-corrected chi connectivity index (χ3v) is 2.51. The maximum Gasteiger partial charge on any atom is 0.141 e. The Bertz CT molecular complexity index is 368. The summed E-state index contributed by atoms with van der Waals surface area (Å²) >= 11 is 5.63. The largest absolute Gasteiger partial charge is 0.317 e. The minimum Gasteiger partial charge on any atom is -0.317 e. The fourth-order valence-corrected chi connectivity index (χ4v) is 1.57. The average molecular weight is 244 g/mol. The lowest BCUT2D eigenvalue weighted by Crippen LogP contribution is -2.18. The van der Waals surface area contributed by atoms with Crippen molar-refractivity contribution in [1.82, 2.24) is 5.32 Å². The summed E-state index contributed by atoms with van der Waals surface area (Å²) in [5, 5.41) is 3.15. The van der Waals surface area contributed by atoms with Crippen LogP contribution in [0.5, 0.6) is 0 Å². The first-order valence-electron chi connectivity index (χ1n) is 5.29. The lowest BCUT2D eigenvalue weighted by molar-refractivity contribution is -0.118. The Morgan fingerprint density at radius 1 is 1.50 bits per heavy atom. The molecular formula is C12H15ClFNO. The number of carbonyl (C=O) groups is 1. The second kappa shape index (κ2) is 6.61. The Balaban J connectivity index is 2.46. The number of nitrogens with one attached hydrogen (secondary N) is 1. The summed E-state index contributed by atoms with van der Waals surface area (Å²) in [5.41, 5.74) is 0.757. The van der Waals surface area contributed by atoms with Gasteiger partial charge < -0.3 is 5.32 Å². The molecule has 0 aromatic heterocycles. The summed E-state index contributed by atoms with van der Waals surface area (Å²) < 4.78 is 12.9. The van der Waals surface area contributed by atoms with Crippen molar-refractivity contribution in [2.45, 2.75) is 19.8 Å². The Labute approximate surface area is 99.8 Å². The van der Waals surface area contributed by atoms with Crippen LogP contribution in [0.25, 0.3) is 0 Å². The monoisotopic (exact) mass is 243 g/mol. The first-order chi connectivity index (χ1) is 7.63. The highest BCUT2D eigenvalue weighted by atomic mass is 35.5. The molecule has 0 fully saturated rings. The predicted molar refractivity (Wildman–Crippen MR) is 63.3 cm³/mol. The van der Waals surface area contributed by atoms with Gasteiger partial charge in [0, 0.05) is 19.4 Å². The molecule has 0 spiro atoms. The smallest absolute Gasteiger partial charge is 0.141 e. The molecule has 4 heteroatoms. The van der Waals surface area contributed by atoms with Crippen molar-refractivity contribution in [1.29, 1.82) is 0 Å². The molecule has 2 nitrogen and oxygen atoms in total. The number of ketones is 1. The van der Waals surface area contributed by atoms with Crippen LogP contribution in [-0.2, 0) is 11.2 Å². The van der Waals surface area contributed by atoms with Crippen LogP contribution in [0.4, 0.5) is 4.39 Å². The molecule has 0 atom stereocenters. The van der Waals surface area contributed by atoms with Gasteiger partial charge in [-0.1, -0.05) is 24.6 Å². The molecular weight excluding hydrogens is 229 g/mol. The van der Waals surface area contributed by atoms with E-state index in [-0.39, 0.29) is 10.8 Å². The van der Waals surface area contributed by atoms with E-state index in [1.807, 2.05) is 6.92 Å². The number of carbonyl (C=O) groups excluding carboxylic acids is 1. The molecule has 88 valence electrons. The zero-order valence-corrected chi connectivity index (χ0v) is 9.98. The minimum atomic E-state index is -0.453. The zero-order chi connectivity index (χ0) is 12.0. The molecule has 16 heavy (non-hydrogen) atoms. The quantitative estimate of drug-likeness (QED) is 0.779. The molecule has 0 saturated heterocycles. The van der Waals surface area contributed by atoms with E-state index in [2.05, 4.69) is 5.32 Å². The summed E-state index contributed by atoms with van der Waals surface area (Å²) in [6.45, 7) is 3.53. The summed E-state index contributed by atoms with van der Waals surface area (Å²) in [4.78, 5) is 11.5. The Kier molecular flexibility index (Phi) is 5.43. The highest BCUT2D eigenvalue weighted by Crippen LogP contribution is 2.16. The fraction of sp³-hybridized carbons (Fsp3) is 0.417. The van der Waals surface area contributed by atoms with Crippen LogP contribution in [-0.4, -0.2) is 18.9 Å². The topological polar surface area (TPSA) is 29.1 Å². The van der Waals surface area contributed by atoms with Crippen LogP contribution in [0.3, 0.4) is 0 Å². The van der Waals surface area contributed by atoms with Crippen LogP contribution < -0.4 is 5.32 Å². The molecule has 0 amide bonds. The summed E-state index contributed by atoms with van der Waals surface area (Å²) in [6.07, 6.45) is 0.800. The van der Waals surface area contributed by atoms with Crippen LogP contribution in [0.1, 0.15) is 18.9 Å². The highest BCUT2D eigenvalue weighted by Gasteiger charge is 2.06. The molecule has 0 saturated carbocycles. The minimum absolute atomic E-state index is 0.0667. The summed E-state index contributed by atoms with van der Waals surface area (Å²) in [6, 6.07) is 4.38. The molecule has 0 aliphatic heterocycles. The van der Waals surface area contributed by atoms with Gasteiger partial charge in [-0.25, -0.2) is 4.39 Å². The molecule has 1 rings (SSSR count). The van der Waals surface area contributed by atoms with Gasteiger partial charge in [0.25, 0.3) is 0 Å². The van der Waals surface area contributed by atoms with E-state index >= 15 is 0 Å². The number of hydrogen-bond donors (Lipinski definition) is 1. The van der Waals surface area contributed by atoms with E-state index in [1.54, 1.807) is 6.07 Å². The lowest BCUT2D eigenvalue weighted by Gasteiger charge is -2.03.